The first-order chi connectivity index (χ1) is 8.01. The van der Waals surface area contributed by atoms with Crippen LogP contribution in [0.15, 0.2) is 11.2 Å². The highest BCUT2D eigenvalue weighted by atomic mass is 32.2. The van der Waals surface area contributed by atoms with Gasteiger partial charge in [0.1, 0.15) is 5.82 Å². The zero-order valence-electron chi connectivity index (χ0n) is 9.05. The van der Waals surface area contributed by atoms with Crippen LogP contribution in [0.1, 0.15) is 5.82 Å². The molecule has 0 aromatic carbocycles. The Kier molecular flexibility index (Phi) is 2.71. The second-order valence-corrected chi connectivity index (χ2v) is 4.76. The van der Waals surface area contributed by atoms with Crippen LogP contribution in [-0.2, 0) is 10.0 Å². The van der Waals surface area contributed by atoms with Gasteiger partial charge in [-0.15, -0.1) is 5.10 Å². The molecule has 0 aliphatic rings. The number of hydrogen-bond donors (Lipinski definition) is 3. The van der Waals surface area contributed by atoms with Crippen LogP contribution < -0.4 is 9.46 Å². The van der Waals surface area contributed by atoms with E-state index in [1.54, 1.807) is 6.92 Å². The number of rotatable bonds is 4. The summed E-state index contributed by atoms with van der Waals surface area (Å²) >= 11 is 0. The maximum Gasteiger partial charge on any atom is 0.336 e. The topological polar surface area (TPSA) is 126 Å². The standard InChI is InChI=1S/C7H10N6O3S/c1-4-8-3-5(9-4)17(14,15)13-6-10-7(16-2)12-11-6/h3H,1-2H3,(H,8,9)(H2,10,11,12,13). The molecule has 2 heterocycles. The number of aryl methyl sites for hydroxylation is 1. The van der Waals surface area contributed by atoms with Gasteiger partial charge >= 0.3 is 6.01 Å². The normalized spacial score (nSPS) is 11.4. The molecule has 2 aromatic heterocycles. The molecule has 0 spiro atoms. The predicted octanol–water partition coefficient (Wildman–Crippen LogP) is -0.354. The summed E-state index contributed by atoms with van der Waals surface area (Å²) < 4.78 is 30.5. The quantitative estimate of drug-likeness (QED) is 0.688. The van der Waals surface area contributed by atoms with E-state index >= 15 is 0 Å². The van der Waals surface area contributed by atoms with E-state index in [4.69, 9.17) is 4.74 Å². The summed E-state index contributed by atoms with van der Waals surface area (Å²) in [6.07, 6.45) is 1.21. The first kappa shape index (κ1) is 11.4. The highest BCUT2D eigenvalue weighted by Gasteiger charge is 2.18. The van der Waals surface area contributed by atoms with Gasteiger partial charge in [0.15, 0.2) is 5.03 Å². The Hall–Kier alpha value is -2.10. The molecule has 17 heavy (non-hydrogen) atoms. The van der Waals surface area contributed by atoms with Crippen LogP contribution in [0.5, 0.6) is 6.01 Å². The Morgan fingerprint density at radius 2 is 2.24 bits per heavy atom. The van der Waals surface area contributed by atoms with E-state index in [0.29, 0.717) is 5.82 Å². The van der Waals surface area contributed by atoms with Crippen LogP contribution in [0.3, 0.4) is 0 Å². The smallest absolute Gasteiger partial charge is 0.336 e. The molecule has 10 heteroatoms. The molecule has 0 atom stereocenters. The minimum absolute atomic E-state index is 0.0332. The van der Waals surface area contributed by atoms with Gasteiger partial charge in [0.25, 0.3) is 10.0 Å². The third-order valence-electron chi connectivity index (χ3n) is 1.85. The number of imidazole rings is 1. The van der Waals surface area contributed by atoms with Crippen LogP contribution in [0.2, 0.25) is 0 Å². The molecule has 0 saturated carbocycles. The number of aromatic nitrogens is 5. The molecule has 2 rings (SSSR count). The molecule has 3 N–H and O–H groups in total. The molecule has 92 valence electrons. The van der Waals surface area contributed by atoms with Crippen molar-refractivity contribution in [1.82, 2.24) is 25.1 Å². The minimum Gasteiger partial charge on any atom is -0.466 e. The van der Waals surface area contributed by atoms with Gasteiger partial charge in [-0.25, -0.2) is 14.8 Å². The lowest BCUT2D eigenvalue weighted by Crippen LogP contribution is -2.14. The van der Waals surface area contributed by atoms with E-state index in [-0.39, 0.29) is 17.0 Å². The average molecular weight is 258 g/mol. The average Bonchev–Trinajstić information content (AvgIpc) is 2.86. The summed E-state index contributed by atoms with van der Waals surface area (Å²) in [6, 6.07) is 0.0449. The summed E-state index contributed by atoms with van der Waals surface area (Å²) in [5.41, 5.74) is 0. The summed E-state index contributed by atoms with van der Waals surface area (Å²) in [7, 11) is -2.37. The first-order valence-electron chi connectivity index (χ1n) is 4.52. The van der Waals surface area contributed by atoms with Gasteiger partial charge < -0.3 is 9.72 Å². The molecule has 0 radical (unpaired) electrons. The van der Waals surface area contributed by atoms with Crippen molar-refractivity contribution in [3.8, 4) is 6.01 Å². The molecule has 0 aliphatic heterocycles. The van der Waals surface area contributed by atoms with Gasteiger partial charge in [-0.2, -0.15) is 13.4 Å². The number of ether oxygens (including phenoxy) is 1. The Balaban J connectivity index is 2.23. The number of methoxy groups -OCH3 is 1. The van der Waals surface area contributed by atoms with Crippen LogP contribution >= 0.6 is 0 Å². The van der Waals surface area contributed by atoms with Crippen molar-refractivity contribution >= 4 is 16.0 Å². The van der Waals surface area contributed by atoms with Gasteiger partial charge in [-0.3, -0.25) is 0 Å². The van der Waals surface area contributed by atoms with Gasteiger partial charge in [0.05, 0.1) is 13.3 Å². The Morgan fingerprint density at radius 1 is 1.47 bits per heavy atom. The van der Waals surface area contributed by atoms with Crippen LogP contribution in [-0.4, -0.2) is 40.7 Å². The van der Waals surface area contributed by atoms with Crippen molar-refractivity contribution < 1.29 is 13.2 Å². The molecular weight excluding hydrogens is 248 g/mol. The molecule has 9 nitrogen and oxygen atoms in total. The number of sulfonamides is 1. The molecule has 0 aliphatic carbocycles. The molecule has 0 bridgehead atoms. The summed E-state index contributed by atoms with van der Waals surface area (Å²) in [6.45, 7) is 1.65. The lowest BCUT2D eigenvalue weighted by Gasteiger charge is -2.00. The highest BCUT2D eigenvalue weighted by Crippen LogP contribution is 2.12. The summed E-state index contributed by atoms with van der Waals surface area (Å²) in [5.74, 6) is 0.467. The number of nitrogens with zero attached hydrogens (tertiary/aromatic N) is 3. The zero-order valence-corrected chi connectivity index (χ0v) is 9.87. The number of hydrogen-bond acceptors (Lipinski definition) is 6. The fraction of sp³-hybridized carbons (Fsp3) is 0.286. The fourth-order valence-electron chi connectivity index (χ4n) is 1.10. The van der Waals surface area contributed by atoms with Gasteiger partial charge in [-0.05, 0) is 6.92 Å². The Labute approximate surface area is 96.7 Å². The van der Waals surface area contributed by atoms with E-state index in [2.05, 4.69) is 29.9 Å². The maximum absolute atomic E-state index is 11.8. The van der Waals surface area contributed by atoms with Crippen LogP contribution in [0.4, 0.5) is 5.95 Å². The number of nitrogens with one attached hydrogen (secondary N) is 3. The van der Waals surface area contributed by atoms with Crippen molar-refractivity contribution in [1.29, 1.82) is 0 Å². The van der Waals surface area contributed by atoms with Gasteiger partial charge in [0, 0.05) is 0 Å². The third-order valence-corrected chi connectivity index (χ3v) is 3.10. The van der Waals surface area contributed by atoms with Crippen LogP contribution in [0, 0.1) is 6.92 Å². The largest absolute Gasteiger partial charge is 0.466 e. The van der Waals surface area contributed by atoms with Crippen molar-refractivity contribution in [2.75, 3.05) is 11.8 Å². The SMILES string of the molecule is COc1n[nH]c(NS(=O)(=O)c2cnc(C)[nH]2)n1. The van der Waals surface area contributed by atoms with Crippen molar-refractivity contribution in [2.24, 2.45) is 0 Å². The van der Waals surface area contributed by atoms with E-state index in [1.807, 2.05) is 0 Å². The Morgan fingerprint density at radius 3 is 2.76 bits per heavy atom. The molecule has 0 amide bonds. The summed E-state index contributed by atoms with van der Waals surface area (Å²) in [4.78, 5) is 10.1. The first-order valence-corrected chi connectivity index (χ1v) is 6.00. The second kappa shape index (κ2) is 4.05. The van der Waals surface area contributed by atoms with Crippen molar-refractivity contribution in [3.05, 3.63) is 12.0 Å². The van der Waals surface area contributed by atoms with E-state index in [0.717, 1.165) is 0 Å². The van der Waals surface area contributed by atoms with Crippen molar-refractivity contribution in [2.45, 2.75) is 11.9 Å². The minimum atomic E-state index is -3.74. The van der Waals surface area contributed by atoms with E-state index < -0.39 is 10.0 Å². The van der Waals surface area contributed by atoms with Gasteiger partial charge in [0.2, 0.25) is 5.95 Å². The van der Waals surface area contributed by atoms with Crippen molar-refractivity contribution in [3.63, 3.8) is 0 Å². The second-order valence-electron chi connectivity index (χ2n) is 3.11. The lowest BCUT2D eigenvalue weighted by molar-refractivity contribution is 0.382. The zero-order chi connectivity index (χ0) is 12.5. The number of aromatic amines is 2. The monoisotopic (exact) mass is 258 g/mol. The molecule has 0 saturated heterocycles. The van der Waals surface area contributed by atoms with E-state index in [9.17, 15) is 8.42 Å². The predicted molar refractivity (Wildman–Crippen MR) is 57.1 cm³/mol. The molecule has 0 fully saturated rings. The van der Waals surface area contributed by atoms with E-state index in [1.165, 1.54) is 13.3 Å². The Bertz CT molecular complexity index is 615. The number of H-pyrrole nitrogens is 2. The molecular formula is C7H10N6O3S. The lowest BCUT2D eigenvalue weighted by atomic mass is 10.8. The third kappa shape index (κ3) is 2.36. The fourth-order valence-corrected chi connectivity index (χ4v) is 2.03. The number of anilines is 1. The maximum atomic E-state index is 11.8. The molecule has 0 unspecified atom stereocenters. The molecule has 2 aromatic rings. The van der Waals surface area contributed by atoms with Crippen LogP contribution in [0.25, 0.3) is 0 Å². The van der Waals surface area contributed by atoms with Gasteiger partial charge in [-0.1, -0.05) is 0 Å². The highest BCUT2D eigenvalue weighted by molar-refractivity contribution is 7.92. The summed E-state index contributed by atoms with van der Waals surface area (Å²) in [5, 5.41) is 5.93.